The Morgan fingerprint density at radius 1 is 1.65 bits per heavy atom. The van der Waals surface area contributed by atoms with Gasteiger partial charge in [0.15, 0.2) is 5.78 Å². The molecule has 0 amide bonds. The number of hydrogen-bond donors (Lipinski definition) is 1. The fourth-order valence-electron chi connectivity index (χ4n) is 2.56. The van der Waals surface area contributed by atoms with Crippen LogP contribution in [-0.2, 0) is 6.42 Å². The van der Waals surface area contributed by atoms with Crippen molar-refractivity contribution in [2.45, 2.75) is 33.1 Å². The number of nitrogens with one attached hydrogen (secondary N) is 1. The number of piperidine rings is 1. The van der Waals surface area contributed by atoms with Gasteiger partial charge >= 0.3 is 0 Å². The van der Waals surface area contributed by atoms with E-state index in [-0.39, 0.29) is 5.78 Å². The van der Waals surface area contributed by atoms with Crippen molar-refractivity contribution in [3.8, 4) is 0 Å². The SMILES string of the molecule is CCN1CCCC(Cc2cc(C(C)=O)n[nH]2)C1. The highest BCUT2D eigenvalue weighted by Gasteiger charge is 2.19. The van der Waals surface area contributed by atoms with Crippen LogP contribution in [-0.4, -0.2) is 40.5 Å². The van der Waals surface area contributed by atoms with Crippen molar-refractivity contribution in [3.05, 3.63) is 17.5 Å². The maximum Gasteiger partial charge on any atom is 0.179 e. The van der Waals surface area contributed by atoms with Crippen LogP contribution in [0.3, 0.4) is 0 Å². The molecule has 1 N–H and O–H groups in total. The van der Waals surface area contributed by atoms with Crippen LogP contribution in [0.1, 0.15) is 42.9 Å². The van der Waals surface area contributed by atoms with Crippen molar-refractivity contribution in [2.24, 2.45) is 5.92 Å². The van der Waals surface area contributed by atoms with Crippen molar-refractivity contribution in [1.29, 1.82) is 0 Å². The third-order valence-electron chi connectivity index (χ3n) is 3.55. The van der Waals surface area contributed by atoms with Gasteiger partial charge in [0, 0.05) is 19.2 Å². The highest BCUT2D eigenvalue weighted by molar-refractivity contribution is 5.92. The van der Waals surface area contributed by atoms with Gasteiger partial charge in [-0.05, 0) is 44.3 Å². The number of nitrogens with zero attached hydrogens (tertiary/aromatic N) is 2. The average molecular weight is 235 g/mol. The van der Waals surface area contributed by atoms with Gasteiger partial charge in [-0.2, -0.15) is 5.10 Å². The van der Waals surface area contributed by atoms with E-state index in [1.807, 2.05) is 6.07 Å². The van der Waals surface area contributed by atoms with E-state index in [9.17, 15) is 4.79 Å². The van der Waals surface area contributed by atoms with E-state index in [0.717, 1.165) is 18.7 Å². The van der Waals surface area contributed by atoms with Gasteiger partial charge in [-0.1, -0.05) is 6.92 Å². The summed E-state index contributed by atoms with van der Waals surface area (Å²) in [6.07, 6.45) is 3.58. The number of likely N-dealkylation sites (tertiary alicyclic amines) is 1. The minimum Gasteiger partial charge on any atom is -0.303 e. The quantitative estimate of drug-likeness (QED) is 0.811. The number of H-pyrrole nitrogens is 1. The normalized spacial score (nSPS) is 21.6. The van der Waals surface area contributed by atoms with Crippen LogP contribution >= 0.6 is 0 Å². The standard InChI is InChI=1S/C13H21N3O/c1-3-16-6-4-5-11(9-16)7-12-8-13(10(2)17)15-14-12/h8,11H,3-7,9H2,1-2H3,(H,14,15). The van der Waals surface area contributed by atoms with E-state index in [4.69, 9.17) is 0 Å². The fourth-order valence-corrected chi connectivity index (χ4v) is 2.56. The molecule has 0 radical (unpaired) electrons. The number of ketones is 1. The van der Waals surface area contributed by atoms with Crippen LogP contribution in [0.25, 0.3) is 0 Å². The first-order valence-corrected chi connectivity index (χ1v) is 6.46. The first-order chi connectivity index (χ1) is 8.19. The molecular weight excluding hydrogens is 214 g/mol. The summed E-state index contributed by atoms with van der Waals surface area (Å²) in [5.41, 5.74) is 1.65. The monoisotopic (exact) mass is 235 g/mol. The Morgan fingerprint density at radius 3 is 3.12 bits per heavy atom. The summed E-state index contributed by atoms with van der Waals surface area (Å²) >= 11 is 0. The van der Waals surface area contributed by atoms with Crippen LogP contribution in [0.2, 0.25) is 0 Å². The second-order valence-electron chi connectivity index (χ2n) is 4.94. The molecule has 0 saturated carbocycles. The van der Waals surface area contributed by atoms with Crippen LogP contribution in [0.15, 0.2) is 6.07 Å². The van der Waals surface area contributed by atoms with E-state index >= 15 is 0 Å². The minimum absolute atomic E-state index is 0.0336. The van der Waals surface area contributed by atoms with E-state index in [0.29, 0.717) is 11.6 Å². The van der Waals surface area contributed by atoms with Gasteiger partial charge in [-0.3, -0.25) is 9.89 Å². The number of Topliss-reactive ketones (excluding diaryl/α,β-unsaturated/α-hetero) is 1. The molecule has 0 spiro atoms. The molecule has 0 aliphatic carbocycles. The van der Waals surface area contributed by atoms with Gasteiger partial charge in [-0.15, -0.1) is 0 Å². The van der Waals surface area contributed by atoms with Gasteiger partial charge < -0.3 is 4.90 Å². The highest BCUT2D eigenvalue weighted by Crippen LogP contribution is 2.20. The molecule has 1 unspecified atom stereocenters. The molecule has 1 aliphatic heterocycles. The summed E-state index contributed by atoms with van der Waals surface area (Å²) in [5, 5.41) is 7.01. The zero-order chi connectivity index (χ0) is 12.3. The van der Waals surface area contributed by atoms with E-state index in [2.05, 4.69) is 22.0 Å². The molecule has 2 heterocycles. The summed E-state index contributed by atoms with van der Waals surface area (Å²) in [4.78, 5) is 13.7. The predicted octanol–water partition coefficient (Wildman–Crippen LogP) is 1.89. The third kappa shape index (κ3) is 3.16. The molecular formula is C13H21N3O. The maximum absolute atomic E-state index is 11.2. The number of hydrogen-bond acceptors (Lipinski definition) is 3. The molecule has 94 valence electrons. The molecule has 1 aromatic heterocycles. The van der Waals surface area contributed by atoms with Gasteiger partial charge in [0.1, 0.15) is 5.69 Å². The van der Waals surface area contributed by atoms with E-state index in [1.54, 1.807) is 6.92 Å². The van der Waals surface area contributed by atoms with Crippen LogP contribution in [0, 0.1) is 5.92 Å². The van der Waals surface area contributed by atoms with Crippen molar-refractivity contribution in [3.63, 3.8) is 0 Å². The highest BCUT2D eigenvalue weighted by atomic mass is 16.1. The molecule has 1 atom stereocenters. The van der Waals surface area contributed by atoms with Crippen molar-refractivity contribution in [2.75, 3.05) is 19.6 Å². The molecule has 1 saturated heterocycles. The first kappa shape index (κ1) is 12.3. The largest absolute Gasteiger partial charge is 0.303 e. The van der Waals surface area contributed by atoms with Crippen LogP contribution in [0.4, 0.5) is 0 Å². The van der Waals surface area contributed by atoms with Gasteiger partial charge in [0.05, 0.1) is 0 Å². The third-order valence-corrected chi connectivity index (χ3v) is 3.55. The summed E-state index contributed by atoms with van der Waals surface area (Å²) in [6.45, 7) is 7.31. The lowest BCUT2D eigenvalue weighted by Gasteiger charge is -2.31. The summed E-state index contributed by atoms with van der Waals surface area (Å²) in [7, 11) is 0. The molecule has 1 fully saturated rings. The maximum atomic E-state index is 11.2. The fraction of sp³-hybridized carbons (Fsp3) is 0.692. The summed E-state index contributed by atoms with van der Waals surface area (Å²) in [5.74, 6) is 0.732. The lowest BCUT2D eigenvalue weighted by molar-refractivity contribution is 0.101. The van der Waals surface area contributed by atoms with Gasteiger partial charge in [0.25, 0.3) is 0 Å². The molecule has 4 heteroatoms. The summed E-state index contributed by atoms with van der Waals surface area (Å²) < 4.78 is 0. The zero-order valence-corrected chi connectivity index (χ0v) is 10.7. The van der Waals surface area contributed by atoms with Crippen LogP contribution in [0.5, 0.6) is 0 Å². The Labute approximate surface area is 102 Å². The lowest BCUT2D eigenvalue weighted by Crippen LogP contribution is -2.35. The van der Waals surface area contributed by atoms with Crippen molar-refractivity contribution in [1.82, 2.24) is 15.1 Å². The van der Waals surface area contributed by atoms with E-state index < -0.39 is 0 Å². The van der Waals surface area contributed by atoms with Crippen molar-refractivity contribution < 1.29 is 4.79 Å². The molecule has 1 aromatic rings. The molecule has 0 bridgehead atoms. The smallest absolute Gasteiger partial charge is 0.179 e. The number of aromatic nitrogens is 2. The van der Waals surface area contributed by atoms with Crippen molar-refractivity contribution >= 4 is 5.78 Å². The van der Waals surface area contributed by atoms with Gasteiger partial charge in [-0.25, -0.2) is 0 Å². The van der Waals surface area contributed by atoms with Crippen LogP contribution < -0.4 is 0 Å². The second kappa shape index (κ2) is 5.45. The lowest BCUT2D eigenvalue weighted by atomic mass is 9.93. The molecule has 2 rings (SSSR count). The Hall–Kier alpha value is -1.16. The number of carbonyl (C=O) groups excluding carboxylic acids is 1. The van der Waals surface area contributed by atoms with E-state index in [1.165, 1.54) is 25.9 Å². The molecule has 0 aromatic carbocycles. The predicted molar refractivity (Wildman–Crippen MR) is 67.1 cm³/mol. The number of rotatable bonds is 4. The second-order valence-corrected chi connectivity index (χ2v) is 4.94. The molecule has 17 heavy (non-hydrogen) atoms. The Balaban J connectivity index is 1.93. The minimum atomic E-state index is 0.0336. The summed E-state index contributed by atoms with van der Waals surface area (Å²) in [6, 6.07) is 1.90. The Bertz CT molecular complexity index is 386. The zero-order valence-electron chi connectivity index (χ0n) is 10.7. The first-order valence-electron chi connectivity index (χ1n) is 6.46. The molecule has 1 aliphatic rings. The number of aromatic amines is 1. The Kier molecular flexibility index (Phi) is 3.94. The molecule has 4 nitrogen and oxygen atoms in total. The average Bonchev–Trinajstić information content (AvgIpc) is 2.78. The topological polar surface area (TPSA) is 49.0 Å². The van der Waals surface area contributed by atoms with Gasteiger partial charge in [0.2, 0.25) is 0 Å². The Morgan fingerprint density at radius 2 is 2.47 bits per heavy atom. The number of carbonyl (C=O) groups is 1.